The van der Waals surface area contributed by atoms with Crippen molar-refractivity contribution in [3.05, 3.63) is 53.3 Å². The molecule has 0 bridgehead atoms. The number of carbonyl (C=O) groups is 1. The van der Waals surface area contributed by atoms with Gasteiger partial charge in [0, 0.05) is 33.4 Å². The number of halogens is 1. The maximum atomic E-state index is 11.9. The van der Waals surface area contributed by atoms with Gasteiger partial charge in [0.05, 0.1) is 5.52 Å². The van der Waals surface area contributed by atoms with Crippen LogP contribution in [0.1, 0.15) is 6.42 Å². The average Bonchev–Trinajstić information content (AvgIpc) is 2.60. The highest BCUT2D eigenvalue weighted by molar-refractivity contribution is 9.10. The normalized spacial score (nSPS) is 10.6. The maximum absolute atomic E-state index is 11.9. The molecule has 1 aromatic heterocycles. The van der Waals surface area contributed by atoms with Gasteiger partial charge >= 0.3 is 0 Å². The molecule has 1 amide bonds. The molecular formula is C18H17BrN4OS. The van der Waals surface area contributed by atoms with Crippen LogP contribution >= 0.6 is 27.7 Å². The van der Waals surface area contributed by atoms with Crippen LogP contribution in [0.15, 0.2) is 53.3 Å². The first-order chi connectivity index (χ1) is 12.2. The third-order valence-corrected chi connectivity index (χ3v) is 4.65. The zero-order valence-electron chi connectivity index (χ0n) is 13.6. The number of hydrogen-bond acceptors (Lipinski definition) is 5. The largest absolute Gasteiger partial charge is 0.340 e. The van der Waals surface area contributed by atoms with Gasteiger partial charge in [-0.3, -0.25) is 4.79 Å². The fourth-order valence-corrected chi connectivity index (χ4v) is 3.14. The Balaban J connectivity index is 1.88. The lowest BCUT2D eigenvalue weighted by molar-refractivity contribution is -0.115. The summed E-state index contributed by atoms with van der Waals surface area (Å²) in [7, 11) is 0. The minimum Gasteiger partial charge on any atom is -0.340 e. The highest BCUT2D eigenvalue weighted by atomic mass is 79.9. The summed E-state index contributed by atoms with van der Waals surface area (Å²) in [6.45, 7) is 0. The Labute approximate surface area is 158 Å². The van der Waals surface area contributed by atoms with E-state index in [-0.39, 0.29) is 5.91 Å². The number of carbonyl (C=O) groups excluding carboxylic acids is 1. The Bertz CT molecular complexity index is 903. The lowest BCUT2D eigenvalue weighted by atomic mass is 10.2. The molecule has 0 saturated heterocycles. The number of thioether (sulfide) groups is 1. The van der Waals surface area contributed by atoms with Gasteiger partial charge in [-0.15, -0.1) is 0 Å². The summed E-state index contributed by atoms with van der Waals surface area (Å²) in [5.41, 5.74) is 2.48. The van der Waals surface area contributed by atoms with Crippen LogP contribution in [0.2, 0.25) is 0 Å². The Hall–Kier alpha value is -2.12. The van der Waals surface area contributed by atoms with Crippen molar-refractivity contribution in [3.63, 3.8) is 0 Å². The third kappa shape index (κ3) is 4.70. The molecule has 2 N–H and O–H groups in total. The number of fused-ring (bicyclic) bond motifs is 1. The minimum absolute atomic E-state index is 0.00653. The fourth-order valence-electron chi connectivity index (χ4n) is 2.36. The van der Waals surface area contributed by atoms with E-state index >= 15 is 0 Å². The van der Waals surface area contributed by atoms with Gasteiger partial charge in [0.1, 0.15) is 12.1 Å². The Kier molecular flexibility index (Phi) is 5.88. The molecule has 0 aliphatic rings. The lowest BCUT2D eigenvalue weighted by Gasteiger charge is -2.10. The van der Waals surface area contributed by atoms with Crippen LogP contribution in [0.25, 0.3) is 10.9 Å². The van der Waals surface area contributed by atoms with Crippen molar-refractivity contribution in [2.24, 2.45) is 0 Å². The number of amides is 1. The van der Waals surface area contributed by atoms with Gasteiger partial charge in [-0.05, 0) is 42.7 Å². The van der Waals surface area contributed by atoms with Gasteiger partial charge in [0.15, 0.2) is 0 Å². The van der Waals surface area contributed by atoms with Crippen molar-refractivity contribution >= 4 is 61.7 Å². The van der Waals surface area contributed by atoms with E-state index in [2.05, 4.69) is 36.5 Å². The molecule has 128 valence electrons. The van der Waals surface area contributed by atoms with Crippen molar-refractivity contribution in [1.29, 1.82) is 0 Å². The Morgan fingerprint density at radius 3 is 2.84 bits per heavy atom. The van der Waals surface area contributed by atoms with Crippen molar-refractivity contribution in [2.75, 3.05) is 22.6 Å². The van der Waals surface area contributed by atoms with Crippen LogP contribution in [0.4, 0.5) is 17.2 Å². The zero-order chi connectivity index (χ0) is 17.6. The van der Waals surface area contributed by atoms with E-state index in [4.69, 9.17) is 0 Å². The van der Waals surface area contributed by atoms with Crippen LogP contribution in [-0.4, -0.2) is 27.9 Å². The molecule has 0 fully saturated rings. The second kappa shape index (κ2) is 8.31. The molecule has 0 unspecified atom stereocenters. The van der Waals surface area contributed by atoms with Crippen LogP contribution < -0.4 is 10.6 Å². The molecule has 2 aromatic carbocycles. The molecule has 0 radical (unpaired) electrons. The summed E-state index contributed by atoms with van der Waals surface area (Å²) < 4.78 is 0.984. The molecule has 7 heteroatoms. The summed E-state index contributed by atoms with van der Waals surface area (Å²) in [4.78, 5) is 20.6. The standard InChI is InChI=1S/C18H17BrN4OS/c1-25-8-7-17(24)22-14-5-6-16-15(10-14)18(21-11-20-16)23-13-4-2-3-12(19)9-13/h2-6,9-11H,7-8H2,1H3,(H,22,24)(H,20,21,23). The van der Waals surface area contributed by atoms with E-state index in [1.807, 2.05) is 48.7 Å². The monoisotopic (exact) mass is 416 g/mol. The molecule has 0 atom stereocenters. The number of benzene rings is 2. The first-order valence-electron chi connectivity index (χ1n) is 7.72. The molecule has 0 aliphatic heterocycles. The molecule has 0 aliphatic carbocycles. The minimum atomic E-state index is 0.00653. The summed E-state index contributed by atoms with van der Waals surface area (Å²) in [6.07, 6.45) is 4.01. The molecule has 3 aromatic rings. The van der Waals surface area contributed by atoms with Crippen molar-refractivity contribution in [1.82, 2.24) is 9.97 Å². The maximum Gasteiger partial charge on any atom is 0.225 e. The number of aromatic nitrogens is 2. The van der Waals surface area contributed by atoms with E-state index in [0.717, 1.165) is 32.5 Å². The molecule has 0 spiro atoms. The lowest BCUT2D eigenvalue weighted by Crippen LogP contribution is -2.12. The first-order valence-corrected chi connectivity index (χ1v) is 9.90. The van der Waals surface area contributed by atoms with Gasteiger partial charge in [-0.1, -0.05) is 22.0 Å². The highest BCUT2D eigenvalue weighted by Gasteiger charge is 2.08. The molecule has 3 rings (SSSR count). The third-order valence-electron chi connectivity index (χ3n) is 3.54. The van der Waals surface area contributed by atoms with E-state index in [0.29, 0.717) is 12.2 Å². The van der Waals surface area contributed by atoms with Crippen LogP contribution in [-0.2, 0) is 4.79 Å². The van der Waals surface area contributed by atoms with E-state index < -0.39 is 0 Å². The van der Waals surface area contributed by atoms with E-state index in [9.17, 15) is 4.79 Å². The average molecular weight is 417 g/mol. The van der Waals surface area contributed by atoms with Gasteiger partial charge in [0.25, 0.3) is 0 Å². The second-order valence-electron chi connectivity index (χ2n) is 5.38. The van der Waals surface area contributed by atoms with Gasteiger partial charge in [-0.25, -0.2) is 9.97 Å². The van der Waals surface area contributed by atoms with E-state index in [1.165, 1.54) is 6.33 Å². The Morgan fingerprint density at radius 1 is 1.16 bits per heavy atom. The number of hydrogen-bond donors (Lipinski definition) is 2. The van der Waals surface area contributed by atoms with Crippen LogP contribution in [0.5, 0.6) is 0 Å². The smallest absolute Gasteiger partial charge is 0.225 e. The summed E-state index contributed by atoms with van der Waals surface area (Å²) >= 11 is 5.12. The topological polar surface area (TPSA) is 66.9 Å². The number of nitrogens with one attached hydrogen (secondary N) is 2. The predicted octanol–water partition coefficient (Wildman–Crippen LogP) is 4.83. The molecule has 25 heavy (non-hydrogen) atoms. The number of anilines is 3. The van der Waals surface area contributed by atoms with E-state index in [1.54, 1.807) is 11.8 Å². The summed E-state index contributed by atoms with van der Waals surface area (Å²) in [5.74, 6) is 1.51. The van der Waals surface area contributed by atoms with Crippen LogP contribution in [0.3, 0.4) is 0 Å². The van der Waals surface area contributed by atoms with Gasteiger partial charge in [-0.2, -0.15) is 11.8 Å². The zero-order valence-corrected chi connectivity index (χ0v) is 16.0. The fraction of sp³-hybridized carbons (Fsp3) is 0.167. The molecular weight excluding hydrogens is 400 g/mol. The SMILES string of the molecule is CSCCC(=O)Nc1ccc2ncnc(Nc3cccc(Br)c3)c2c1. The van der Waals surface area contributed by atoms with Crippen molar-refractivity contribution in [3.8, 4) is 0 Å². The predicted molar refractivity (Wildman–Crippen MR) is 109 cm³/mol. The first kappa shape index (κ1) is 17.7. The molecule has 0 saturated carbocycles. The van der Waals surface area contributed by atoms with Gasteiger partial charge in [0.2, 0.25) is 5.91 Å². The highest BCUT2D eigenvalue weighted by Crippen LogP contribution is 2.27. The number of nitrogens with zero attached hydrogens (tertiary/aromatic N) is 2. The molecule has 5 nitrogen and oxygen atoms in total. The summed E-state index contributed by atoms with van der Waals surface area (Å²) in [5, 5.41) is 7.08. The number of rotatable bonds is 6. The van der Waals surface area contributed by atoms with Gasteiger partial charge < -0.3 is 10.6 Å². The Morgan fingerprint density at radius 2 is 2.04 bits per heavy atom. The second-order valence-corrected chi connectivity index (χ2v) is 7.28. The molecule has 1 heterocycles. The summed E-state index contributed by atoms with van der Waals surface area (Å²) in [6, 6.07) is 13.5. The van der Waals surface area contributed by atoms with Crippen molar-refractivity contribution in [2.45, 2.75) is 6.42 Å². The van der Waals surface area contributed by atoms with Crippen LogP contribution in [0, 0.1) is 0 Å². The van der Waals surface area contributed by atoms with Crippen molar-refractivity contribution < 1.29 is 4.79 Å². The quantitative estimate of drug-likeness (QED) is 0.602.